The first kappa shape index (κ1) is 22.4. The first-order valence-electron chi connectivity index (χ1n) is 5.11. The van der Waals surface area contributed by atoms with E-state index in [4.69, 9.17) is 14.4 Å². The van der Waals surface area contributed by atoms with Crippen LogP contribution >= 0.6 is 0 Å². The molecule has 1 aliphatic carbocycles. The van der Waals surface area contributed by atoms with Gasteiger partial charge < -0.3 is 14.4 Å². The average Bonchev–Trinajstić information content (AvgIpc) is 2.99. The summed E-state index contributed by atoms with van der Waals surface area (Å²) in [4.78, 5) is 24.0. The molecule has 0 saturated heterocycles. The van der Waals surface area contributed by atoms with Crippen LogP contribution in [0, 0.1) is 6.08 Å². The third-order valence-electron chi connectivity index (χ3n) is 2.02. The van der Waals surface area contributed by atoms with Crippen LogP contribution in [0.4, 0.5) is 0 Å². The van der Waals surface area contributed by atoms with Gasteiger partial charge >= 0.3 is 0 Å². The Balaban J connectivity index is -0.000000325. The van der Waals surface area contributed by atoms with E-state index < -0.39 is 0 Å². The molecule has 0 aromatic heterocycles. The Morgan fingerprint density at radius 3 is 1.89 bits per heavy atom. The minimum Gasteiger partial charge on any atom is -0.307 e. The number of carbonyl (C=O) groups excluding carboxylic acids is 3. The fraction of sp³-hybridized carbons (Fsp3) is 0.133. The molecule has 0 spiro atoms. The van der Waals surface area contributed by atoms with Crippen LogP contribution < -0.4 is 0 Å². The van der Waals surface area contributed by atoms with Crippen LogP contribution in [0.2, 0.25) is 0 Å². The second-order valence-electron chi connectivity index (χ2n) is 2.99. The van der Waals surface area contributed by atoms with Gasteiger partial charge in [-0.05, 0) is 0 Å². The zero-order valence-corrected chi connectivity index (χ0v) is 11.8. The van der Waals surface area contributed by atoms with Crippen molar-refractivity contribution < 1.29 is 31.5 Å². The molecule has 0 aliphatic heterocycles. The van der Waals surface area contributed by atoms with Crippen LogP contribution in [-0.2, 0) is 37.9 Å². The summed E-state index contributed by atoms with van der Waals surface area (Å²) in [5.74, 6) is 0. The molecule has 1 aromatic carbocycles. The smallest absolute Gasteiger partial charge is 0.106 e. The third-order valence-corrected chi connectivity index (χ3v) is 2.02. The fourth-order valence-electron chi connectivity index (χ4n) is 1.39. The Kier molecular flexibility index (Phi) is 21.9. The van der Waals surface area contributed by atoms with Gasteiger partial charge in [-0.2, -0.15) is 11.6 Å². The molecule has 0 radical (unpaired) electrons. The number of allylic oxidation sites excluding steroid dienone is 4. The van der Waals surface area contributed by atoms with Crippen LogP contribution in [0.25, 0.3) is 0 Å². The van der Waals surface area contributed by atoms with Gasteiger partial charge in [-0.1, -0.05) is 42.3 Å². The molecule has 104 valence electrons. The van der Waals surface area contributed by atoms with Gasteiger partial charge in [-0.25, -0.2) is 6.08 Å². The second kappa shape index (κ2) is 18.6. The quantitative estimate of drug-likeness (QED) is 0.622. The Bertz CT molecular complexity index is 356. The van der Waals surface area contributed by atoms with Crippen molar-refractivity contribution in [2.75, 3.05) is 0 Å². The zero-order valence-electron chi connectivity index (χ0n) is 10.7. The summed E-state index contributed by atoms with van der Waals surface area (Å²) in [6, 6.07) is 10.5. The summed E-state index contributed by atoms with van der Waals surface area (Å²) in [6.07, 6.45) is 9.53. The van der Waals surface area contributed by atoms with Crippen LogP contribution in [0.3, 0.4) is 0 Å². The van der Waals surface area contributed by atoms with Crippen molar-refractivity contribution in [3.8, 4) is 0 Å². The van der Waals surface area contributed by atoms with Gasteiger partial charge in [-0.15, -0.1) is 6.42 Å². The molecule has 3 nitrogen and oxygen atoms in total. The summed E-state index contributed by atoms with van der Waals surface area (Å²) in [6.45, 7) is 6.00. The second-order valence-corrected chi connectivity index (χ2v) is 2.99. The molecule has 1 aromatic rings. The molecular formula is C15H17FeO3-. The number of hydrogen-bond acceptors (Lipinski definition) is 3. The predicted molar refractivity (Wildman–Crippen MR) is 72.0 cm³/mol. The molecule has 19 heavy (non-hydrogen) atoms. The van der Waals surface area contributed by atoms with Crippen LogP contribution in [0.1, 0.15) is 12.0 Å². The molecule has 0 fully saturated rings. The predicted octanol–water partition coefficient (Wildman–Crippen LogP) is 2.36. The SMILES string of the molecule is C=O.C=O.C=O.[C-]1=CC(Cc2ccccc2)=CC1.[Fe]. The summed E-state index contributed by atoms with van der Waals surface area (Å²) in [7, 11) is 0. The maximum absolute atomic E-state index is 8.00. The van der Waals surface area contributed by atoms with Crippen molar-refractivity contribution >= 4 is 20.4 Å². The van der Waals surface area contributed by atoms with Gasteiger partial charge in [0.15, 0.2) is 0 Å². The minimum absolute atomic E-state index is 0. The molecular weight excluding hydrogens is 284 g/mol. The van der Waals surface area contributed by atoms with Gasteiger partial charge in [0.1, 0.15) is 20.4 Å². The normalized spacial score (nSPS) is 10.0. The molecule has 0 N–H and O–H groups in total. The van der Waals surface area contributed by atoms with E-state index in [-0.39, 0.29) is 17.1 Å². The van der Waals surface area contributed by atoms with Gasteiger partial charge in [-0.3, -0.25) is 6.08 Å². The van der Waals surface area contributed by atoms with E-state index in [0.29, 0.717) is 0 Å². The summed E-state index contributed by atoms with van der Waals surface area (Å²) < 4.78 is 0. The maximum atomic E-state index is 8.00. The Labute approximate surface area is 124 Å². The van der Waals surface area contributed by atoms with E-state index in [1.807, 2.05) is 20.4 Å². The fourth-order valence-corrected chi connectivity index (χ4v) is 1.39. The van der Waals surface area contributed by atoms with Crippen molar-refractivity contribution in [2.24, 2.45) is 0 Å². The number of hydrogen-bond donors (Lipinski definition) is 0. The average molecular weight is 301 g/mol. The molecule has 0 amide bonds. The van der Waals surface area contributed by atoms with Crippen LogP contribution in [0.15, 0.2) is 48.1 Å². The van der Waals surface area contributed by atoms with Crippen molar-refractivity contribution in [2.45, 2.75) is 12.8 Å². The van der Waals surface area contributed by atoms with Gasteiger partial charge in [0.05, 0.1) is 0 Å². The molecule has 0 unspecified atom stereocenters. The van der Waals surface area contributed by atoms with Crippen LogP contribution in [-0.4, -0.2) is 20.4 Å². The van der Waals surface area contributed by atoms with Gasteiger partial charge in [0.25, 0.3) is 0 Å². The minimum atomic E-state index is 0. The van der Waals surface area contributed by atoms with Crippen molar-refractivity contribution in [1.29, 1.82) is 0 Å². The topological polar surface area (TPSA) is 51.2 Å². The van der Waals surface area contributed by atoms with Gasteiger partial charge in [0.2, 0.25) is 0 Å². The monoisotopic (exact) mass is 301 g/mol. The summed E-state index contributed by atoms with van der Waals surface area (Å²) in [5.41, 5.74) is 2.77. The molecule has 0 bridgehead atoms. The molecule has 0 heterocycles. The van der Waals surface area contributed by atoms with Crippen molar-refractivity contribution in [3.05, 3.63) is 59.7 Å². The van der Waals surface area contributed by atoms with E-state index in [0.717, 1.165) is 12.8 Å². The molecule has 0 saturated carbocycles. The largest absolute Gasteiger partial charge is 0.307 e. The number of rotatable bonds is 2. The first-order chi connectivity index (χ1) is 8.95. The number of carbonyl (C=O) groups is 3. The zero-order chi connectivity index (χ0) is 14.2. The molecule has 0 atom stereocenters. The molecule has 4 heteroatoms. The van der Waals surface area contributed by atoms with Crippen LogP contribution in [0.5, 0.6) is 0 Å². The first-order valence-corrected chi connectivity index (χ1v) is 5.11. The third kappa shape index (κ3) is 11.1. The molecule has 2 rings (SSSR count). The summed E-state index contributed by atoms with van der Waals surface area (Å²) >= 11 is 0. The van der Waals surface area contributed by atoms with E-state index >= 15 is 0 Å². The van der Waals surface area contributed by atoms with E-state index in [1.54, 1.807) is 0 Å². The van der Waals surface area contributed by atoms with E-state index in [1.165, 1.54) is 11.1 Å². The van der Waals surface area contributed by atoms with Crippen molar-refractivity contribution in [3.63, 3.8) is 0 Å². The number of benzene rings is 1. The van der Waals surface area contributed by atoms with E-state index in [9.17, 15) is 0 Å². The Morgan fingerprint density at radius 2 is 1.47 bits per heavy atom. The Hall–Kier alpha value is -1.77. The molecule has 1 aliphatic rings. The van der Waals surface area contributed by atoms with E-state index in [2.05, 4.69) is 48.6 Å². The standard InChI is InChI=1S/C12H11.3CH2O.Fe/c1-2-6-11(7-3-1)10-12-8-4-5-9-12;3*1-2;/h1-3,6-9H,4,10H2;3*1H2;/q-1;;;;. The maximum Gasteiger partial charge on any atom is 0.106 e. The van der Waals surface area contributed by atoms with Crippen molar-refractivity contribution in [1.82, 2.24) is 0 Å². The van der Waals surface area contributed by atoms with Gasteiger partial charge in [0, 0.05) is 17.1 Å². The Morgan fingerprint density at radius 1 is 0.947 bits per heavy atom. The summed E-state index contributed by atoms with van der Waals surface area (Å²) in [5, 5.41) is 0.